The van der Waals surface area contributed by atoms with Gasteiger partial charge < -0.3 is 10.2 Å². The van der Waals surface area contributed by atoms with Crippen LogP contribution in [0, 0.1) is 5.41 Å². The van der Waals surface area contributed by atoms with Gasteiger partial charge in [-0.2, -0.15) is 0 Å². The third-order valence-corrected chi connectivity index (χ3v) is 4.77. The van der Waals surface area contributed by atoms with E-state index in [4.69, 9.17) is 0 Å². The fourth-order valence-corrected chi connectivity index (χ4v) is 3.22. The van der Waals surface area contributed by atoms with Crippen LogP contribution in [-0.2, 0) is 0 Å². The van der Waals surface area contributed by atoms with E-state index in [0.717, 1.165) is 12.1 Å². The Morgan fingerprint density at radius 2 is 1.56 bits per heavy atom. The van der Waals surface area contributed by atoms with Crippen molar-refractivity contribution in [2.24, 2.45) is 5.41 Å². The van der Waals surface area contributed by atoms with E-state index in [0.29, 0.717) is 5.41 Å². The van der Waals surface area contributed by atoms with Gasteiger partial charge in [-0.25, -0.2) is 0 Å². The third kappa shape index (κ3) is 2.98. The van der Waals surface area contributed by atoms with Crippen LogP contribution in [0.25, 0.3) is 0 Å². The van der Waals surface area contributed by atoms with Gasteiger partial charge in [0.05, 0.1) is 0 Å². The maximum atomic E-state index is 3.42. The molecule has 0 unspecified atom stereocenters. The van der Waals surface area contributed by atoms with Crippen LogP contribution in [0.5, 0.6) is 0 Å². The second kappa shape index (κ2) is 5.05. The fraction of sp³-hybridized carbons (Fsp3) is 1.00. The van der Waals surface area contributed by atoms with Crippen LogP contribution in [0.1, 0.15) is 52.4 Å². The quantitative estimate of drug-likeness (QED) is 0.776. The average molecular weight is 224 g/mol. The van der Waals surface area contributed by atoms with E-state index in [1.807, 2.05) is 0 Å². The van der Waals surface area contributed by atoms with Crippen LogP contribution in [0.15, 0.2) is 0 Å². The molecule has 0 amide bonds. The lowest BCUT2D eigenvalue weighted by molar-refractivity contribution is 0.0718. The molecule has 2 rings (SSSR count). The molecule has 2 nitrogen and oxygen atoms in total. The summed E-state index contributed by atoms with van der Waals surface area (Å²) in [5.74, 6) is 0. The van der Waals surface area contributed by atoms with Gasteiger partial charge in [-0.1, -0.05) is 13.8 Å². The van der Waals surface area contributed by atoms with Gasteiger partial charge in [0.1, 0.15) is 0 Å². The summed E-state index contributed by atoms with van der Waals surface area (Å²) in [5, 5.41) is 3.42. The summed E-state index contributed by atoms with van der Waals surface area (Å²) >= 11 is 0. The number of nitrogens with one attached hydrogen (secondary N) is 1. The lowest BCUT2D eigenvalue weighted by Crippen LogP contribution is -2.46. The van der Waals surface area contributed by atoms with Crippen LogP contribution in [0.2, 0.25) is 0 Å². The lowest BCUT2D eigenvalue weighted by atomic mass is 9.81. The van der Waals surface area contributed by atoms with Gasteiger partial charge in [-0.05, 0) is 64.1 Å². The minimum Gasteiger partial charge on any atom is -0.317 e. The molecule has 0 aromatic rings. The molecule has 0 spiro atoms. The van der Waals surface area contributed by atoms with Crippen molar-refractivity contribution in [3.8, 4) is 0 Å². The number of hydrogen-bond acceptors (Lipinski definition) is 2. The first-order valence-corrected chi connectivity index (χ1v) is 7.02. The zero-order valence-corrected chi connectivity index (χ0v) is 11.3. The molecule has 1 heterocycles. The van der Waals surface area contributed by atoms with E-state index in [-0.39, 0.29) is 0 Å². The van der Waals surface area contributed by atoms with Crippen molar-refractivity contribution >= 4 is 0 Å². The van der Waals surface area contributed by atoms with Crippen molar-refractivity contribution < 1.29 is 0 Å². The highest BCUT2D eigenvalue weighted by Crippen LogP contribution is 2.33. The first kappa shape index (κ1) is 12.4. The Hall–Kier alpha value is -0.0800. The number of piperidine rings is 1. The third-order valence-electron chi connectivity index (χ3n) is 4.77. The molecule has 1 aliphatic heterocycles. The van der Waals surface area contributed by atoms with Crippen LogP contribution < -0.4 is 5.32 Å². The Morgan fingerprint density at radius 3 is 2.06 bits per heavy atom. The topological polar surface area (TPSA) is 15.3 Å². The van der Waals surface area contributed by atoms with E-state index in [2.05, 4.69) is 31.1 Å². The molecule has 0 radical (unpaired) electrons. The Bertz CT molecular complexity index is 207. The second-order valence-corrected chi connectivity index (χ2v) is 6.49. The van der Waals surface area contributed by atoms with Gasteiger partial charge in [-0.15, -0.1) is 0 Å². The Labute approximate surface area is 101 Å². The van der Waals surface area contributed by atoms with Gasteiger partial charge in [0.25, 0.3) is 0 Å². The minimum absolute atomic E-state index is 0.596. The first-order valence-electron chi connectivity index (χ1n) is 7.02. The number of rotatable bonds is 2. The SMILES string of the molecule is CNC1CCC(N2CCC(C)(C)CC2)CC1. The van der Waals surface area contributed by atoms with E-state index in [1.165, 1.54) is 51.6 Å². The molecule has 2 heteroatoms. The van der Waals surface area contributed by atoms with E-state index >= 15 is 0 Å². The summed E-state index contributed by atoms with van der Waals surface area (Å²) in [6.45, 7) is 7.51. The van der Waals surface area contributed by atoms with Gasteiger partial charge in [0, 0.05) is 12.1 Å². The maximum Gasteiger partial charge on any atom is 0.00964 e. The van der Waals surface area contributed by atoms with Crippen molar-refractivity contribution in [3.63, 3.8) is 0 Å². The molecule has 0 aromatic heterocycles. The van der Waals surface area contributed by atoms with E-state index in [9.17, 15) is 0 Å². The highest BCUT2D eigenvalue weighted by atomic mass is 15.2. The fourth-order valence-electron chi connectivity index (χ4n) is 3.22. The zero-order chi connectivity index (χ0) is 11.6. The monoisotopic (exact) mass is 224 g/mol. The standard InChI is InChI=1S/C14H28N2/c1-14(2)8-10-16(11-9-14)13-6-4-12(15-3)5-7-13/h12-13,15H,4-11H2,1-3H3. The van der Waals surface area contributed by atoms with Crippen molar-refractivity contribution in [3.05, 3.63) is 0 Å². The predicted octanol–water partition coefficient (Wildman–Crippen LogP) is 2.64. The summed E-state index contributed by atoms with van der Waals surface area (Å²) in [7, 11) is 2.11. The maximum absolute atomic E-state index is 3.42. The summed E-state index contributed by atoms with van der Waals surface area (Å²) in [6, 6.07) is 1.68. The van der Waals surface area contributed by atoms with E-state index < -0.39 is 0 Å². The largest absolute Gasteiger partial charge is 0.317 e. The Kier molecular flexibility index (Phi) is 3.91. The molecule has 2 aliphatic rings. The molecule has 0 aromatic carbocycles. The molecule has 1 saturated heterocycles. The lowest BCUT2D eigenvalue weighted by Gasteiger charge is -2.43. The molecule has 1 aliphatic carbocycles. The summed E-state index contributed by atoms with van der Waals surface area (Å²) in [4.78, 5) is 2.76. The summed E-state index contributed by atoms with van der Waals surface area (Å²) < 4.78 is 0. The van der Waals surface area contributed by atoms with Gasteiger partial charge in [-0.3, -0.25) is 0 Å². The van der Waals surface area contributed by atoms with Crippen molar-refractivity contribution in [2.45, 2.75) is 64.5 Å². The summed E-state index contributed by atoms with van der Waals surface area (Å²) in [5.41, 5.74) is 0.596. The molecular weight excluding hydrogens is 196 g/mol. The van der Waals surface area contributed by atoms with Crippen molar-refractivity contribution in [1.29, 1.82) is 0 Å². The van der Waals surface area contributed by atoms with Gasteiger partial charge in [0.15, 0.2) is 0 Å². The van der Waals surface area contributed by atoms with Gasteiger partial charge >= 0.3 is 0 Å². The van der Waals surface area contributed by atoms with Crippen LogP contribution >= 0.6 is 0 Å². The molecule has 1 saturated carbocycles. The Balaban J connectivity index is 1.78. The van der Waals surface area contributed by atoms with Crippen LogP contribution in [0.4, 0.5) is 0 Å². The smallest absolute Gasteiger partial charge is 0.00964 e. The molecule has 0 bridgehead atoms. The van der Waals surface area contributed by atoms with Crippen molar-refractivity contribution in [1.82, 2.24) is 10.2 Å². The molecule has 0 atom stereocenters. The predicted molar refractivity (Wildman–Crippen MR) is 69.7 cm³/mol. The molecule has 16 heavy (non-hydrogen) atoms. The van der Waals surface area contributed by atoms with Gasteiger partial charge in [0.2, 0.25) is 0 Å². The number of likely N-dealkylation sites (tertiary alicyclic amines) is 1. The normalized spacial score (nSPS) is 36.2. The van der Waals surface area contributed by atoms with Crippen molar-refractivity contribution in [2.75, 3.05) is 20.1 Å². The Morgan fingerprint density at radius 1 is 1.00 bits per heavy atom. The summed E-state index contributed by atoms with van der Waals surface area (Å²) in [6.07, 6.45) is 8.35. The highest BCUT2D eigenvalue weighted by molar-refractivity contribution is 4.86. The second-order valence-electron chi connectivity index (χ2n) is 6.49. The number of nitrogens with zero attached hydrogens (tertiary/aromatic N) is 1. The number of hydrogen-bond donors (Lipinski definition) is 1. The minimum atomic E-state index is 0.596. The zero-order valence-electron chi connectivity index (χ0n) is 11.3. The first-order chi connectivity index (χ1) is 7.61. The highest BCUT2D eigenvalue weighted by Gasteiger charge is 2.31. The average Bonchev–Trinajstić information content (AvgIpc) is 2.29. The van der Waals surface area contributed by atoms with E-state index in [1.54, 1.807) is 0 Å². The molecule has 2 fully saturated rings. The molecule has 1 N–H and O–H groups in total. The molecular formula is C14H28N2. The van der Waals surface area contributed by atoms with Crippen LogP contribution in [0.3, 0.4) is 0 Å². The molecule has 94 valence electrons. The van der Waals surface area contributed by atoms with Crippen LogP contribution in [-0.4, -0.2) is 37.1 Å².